The number of fused-ring (bicyclic) bond motifs is 1. The van der Waals surface area contributed by atoms with Crippen LogP contribution in [0.15, 0.2) is 72.8 Å². The summed E-state index contributed by atoms with van der Waals surface area (Å²) in [5, 5.41) is 6.47. The average Bonchev–Trinajstić information content (AvgIpc) is 3.17. The lowest BCUT2D eigenvalue weighted by molar-refractivity contribution is -0.136. The first kappa shape index (κ1) is 23.3. The molecule has 0 saturated carbocycles. The smallest absolute Gasteiger partial charge is 0.328 e. The molecule has 0 aliphatic rings. The molecule has 172 valence electrons. The molecular formula is C24H17Cl2FN4O3. The van der Waals surface area contributed by atoms with Crippen LogP contribution < -0.4 is 16.1 Å². The molecule has 1 aromatic heterocycles. The van der Waals surface area contributed by atoms with E-state index in [9.17, 15) is 18.8 Å². The van der Waals surface area contributed by atoms with Crippen molar-refractivity contribution in [1.29, 1.82) is 0 Å². The summed E-state index contributed by atoms with van der Waals surface area (Å²) in [6.45, 7) is 0.103. The average molecular weight is 499 g/mol. The highest BCUT2D eigenvalue weighted by Crippen LogP contribution is 2.24. The van der Waals surface area contributed by atoms with Crippen LogP contribution in [0, 0.1) is 5.82 Å². The lowest BCUT2D eigenvalue weighted by atomic mass is 10.2. The number of halogens is 3. The fourth-order valence-corrected chi connectivity index (χ4v) is 3.55. The molecule has 10 heteroatoms. The van der Waals surface area contributed by atoms with Gasteiger partial charge in [-0.3, -0.25) is 19.8 Å². The van der Waals surface area contributed by atoms with E-state index in [1.54, 1.807) is 48.5 Å². The topological polar surface area (TPSA) is 92.2 Å². The Bertz CT molecular complexity index is 1400. The minimum Gasteiger partial charge on any atom is -0.344 e. The molecule has 3 N–H and O–H groups in total. The van der Waals surface area contributed by atoms with E-state index < -0.39 is 23.5 Å². The van der Waals surface area contributed by atoms with Crippen molar-refractivity contribution in [2.24, 2.45) is 0 Å². The van der Waals surface area contributed by atoms with Gasteiger partial charge in [0.15, 0.2) is 0 Å². The van der Waals surface area contributed by atoms with E-state index in [0.717, 1.165) is 10.2 Å². The van der Waals surface area contributed by atoms with Gasteiger partial charge in [0.2, 0.25) is 0 Å². The number of benzene rings is 3. The van der Waals surface area contributed by atoms with Crippen molar-refractivity contribution in [1.82, 2.24) is 9.99 Å². The Hall–Kier alpha value is -3.88. The first-order valence-corrected chi connectivity index (χ1v) is 10.8. The van der Waals surface area contributed by atoms with Crippen LogP contribution in [-0.4, -0.2) is 22.4 Å². The summed E-state index contributed by atoms with van der Waals surface area (Å²) >= 11 is 11.9. The first-order chi connectivity index (χ1) is 16.3. The summed E-state index contributed by atoms with van der Waals surface area (Å²) in [6, 6.07) is 18.7. The molecule has 0 fully saturated rings. The van der Waals surface area contributed by atoms with Gasteiger partial charge in [-0.1, -0.05) is 47.5 Å². The Morgan fingerprint density at radius 2 is 1.56 bits per heavy atom. The Balaban J connectivity index is 1.57. The molecule has 0 saturated heterocycles. The summed E-state index contributed by atoms with van der Waals surface area (Å²) in [4.78, 5) is 37.9. The Kier molecular flexibility index (Phi) is 6.81. The fraction of sp³-hybridized carbons (Fsp3) is 0.0417. The van der Waals surface area contributed by atoms with Crippen LogP contribution >= 0.6 is 23.2 Å². The van der Waals surface area contributed by atoms with Crippen LogP contribution in [0.3, 0.4) is 0 Å². The van der Waals surface area contributed by atoms with E-state index in [0.29, 0.717) is 20.9 Å². The zero-order valence-corrected chi connectivity index (χ0v) is 19.0. The van der Waals surface area contributed by atoms with Crippen LogP contribution in [-0.2, 0) is 16.1 Å². The lowest BCUT2D eigenvalue weighted by Gasteiger charge is -2.13. The van der Waals surface area contributed by atoms with Crippen LogP contribution in [0.5, 0.6) is 0 Å². The van der Waals surface area contributed by atoms with Gasteiger partial charge in [-0.15, -0.1) is 0 Å². The number of rotatable bonds is 5. The molecule has 0 atom stereocenters. The quantitative estimate of drug-likeness (QED) is 0.347. The molecule has 0 unspecified atom stereocenters. The maximum atomic E-state index is 14.0. The predicted octanol–water partition coefficient (Wildman–Crippen LogP) is 4.73. The van der Waals surface area contributed by atoms with Crippen molar-refractivity contribution in [3.05, 3.63) is 99.9 Å². The third-order valence-electron chi connectivity index (χ3n) is 4.90. The van der Waals surface area contributed by atoms with Crippen molar-refractivity contribution in [3.63, 3.8) is 0 Å². The predicted molar refractivity (Wildman–Crippen MR) is 129 cm³/mol. The van der Waals surface area contributed by atoms with Crippen LogP contribution in [0.1, 0.15) is 16.1 Å². The van der Waals surface area contributed by atoms with E-state index in [2.05, 4.69) is 16.1 Å². The van der Waals surface area contributed by atoms with E-state index in [-0.39, 0.29) is 17.9 Å². The summed E-state index contributed by atoms with van der Waals surface area (Å²) < 4.78 is 15.2. The highest BCUT2D eigenvalue weighted by atomic mass is 35.5. The zero-order chi connectivity index (χ0) is 24.2. The summed E-state index contributed by atoms with van der Waals surface area (Å²) in [7, 11) is 0. The monoisotopic (exact) mass is 498 g/mol. The van der Waals surface area contributed by atoms with Crippen molar-refractivity contribution in [3.8, 4) is 0 Å². The molecule has 4 rings (SSSR count). The van der Waals surface area contributed by atoms with Crippen molar-refractivity contribution in [2.45, 2.75) is 6.54 Å². The summed E-state index contributed by atoms with van der Waals surface area (Å²) in [6.07, 6.45) is 0. The molecule has 0 aliphatic carbocycles. The third-order valence-corrected chi connectivity index (χ3v) is 5.39. The minimum atomic E-state index is -0.999. The summed E-state index contributed by atoms with van der Waals surface area (Å²) in [5.41, 5.74) is 3.53. The number of aromatic nitrogens is 1. The van der Waals surface area contributed by atoms with Gasteiger partial charge in [0.25, 0.3) is 5.91 Å². The van der Waals surface area contributed by atoms with Gasteiger partial charge in [0.05, 0.1) is 11.2 Å². The standard InChI is InChI=1S/C24H17Cl2FN4O3/c25-16-7-5-14(6-8-16)13-28-23(33)24(34)30-31-20-10-9-17(26)11-15(20)12-21(31)22(32)29-19-4-2-1-3-18(19)27/h1-12H,13H2,(H,28,33)(H,29,32)(H,30,34). The van der Waals surface area contributed by atoms with Gasteiger partial charge in [0, 0.05) is 22.0 Å². The van der Waals surface area contributed by atoms with Crippen molar-refractivity contribution >= 4 is 57.5 Å². The minimum absolute atomic E-state index is 0.0284. The Morgan fingerprint density at radius 3 is 2.29 bits per heavy atom. The number of nitrogens with one attached hydrogen (secondary N) is 3. The Morgan fingerprint density at radius 1 is 0.853 bits per heavy atom. The van der Waals surface area contributed by atoms with E-state index in [1.807, 2.05) is 0 Å². The second kappa shape index (κ2) is 9.94. The van der Waals surface area contributed by atoms with Gasteiger partial charge in [0.1, 0.15) is 11.5 Å². The van der Waals surface area contributed by atoms with Crippen LogP contribution in [0.25, 0.3) is 10.9 Å². The molecule has 0 bridgehead atoms. The zero-order valence-electron chi connectivity index (χ0n) is 17.4. The van der Waals surface area contributed by atoms with Gasteiger partial charge < -0.3 is 10.6 Å². The molecule has 3 aromatic carbocycles. The molecule has 0 aliphatic heterocycles. The number of hydrogen-bond acceptors (Lipinski definition) is 3. The number of para-hydroxylation sites is 1. The van der Waals surface area contributed by atoms with Gasteiger partial charge in [-0.2, -0.15) is 0 Å². The van der Waals surface area contributed by atoms with Crippen LogP contribution in [0.2, 0.25) is 10.0 Å². The molecule has 0 radical (unpaired) electrons. The highest BCUT2D eigenvalue weighted by molar-refractivity contribution is 6.38. The number of carbonyl (C=O) groups excluding carboxylic acids is 3. The largest absolute Gasteiger partial charge is 0.344 e. The molecule has 3 amide bonds. The number of hydrogen-bond donors (Lipinski definition) is 3. The van der Waals surface area contributed by atoms with Crippen molar-refractivity contribution < 1.29 is 18.8 Å². The number of nitrogens with zero attached hydrogens (tertiary/aromatic N) is 1. The Labute approximate surface area is 203 Å². The molecular weight excluding hydrogens is 482 g/mol. The maximum Gasteiger partial charge on any atom is 0.328 e. The number of amides is 3. The lowest BCUT2D eigenvalue weighted by Crippen LogP contribution is -2.39. The van der Waals surface area contributed by atoms with E-state index in [4.69, 9.17) is 23.2 Å². The van der Waals surface area contributed by atoms with Gasteiger partial charge in [-0.05, 0) is 54.1 Å². The SMILES string of the molecule is O=C(NCc1ccc(Cl)cc1)C(=O)Nn1c(C(=O)Nc2ccccc2F)cc2cc(Cl)ccc21. The van der Waals surface area contributed by atoms with Gasteiger partial charge >= 0.3 is 11.8 Å². The normalized spacial score (nSPS) is 10.7. The first-order valence-electron chi connectivity index (χ1n) is 10.0. The fourth-order valence-electron chi connectivity index (χ4n) is 3.24. The molecule has 4 aromatic rings. The molecule has 1 heterocycles. The highest BCUT2D eigenvalue weighted by Gasteiger charge is 2.21. The second-order valence-corrected chi connectivity index (χ2v) is 8.13. The van der Waals surface area contributed by atoms with Crippen LogP contribution in [0.4, 0.5) is 10.1 Å². The van der Waals surface area contributed by atoms with Crippen molar-refractivity contribution in [2.75, 3.05) is 10.7 Å². The second-order valence-electron chi connectivity index (χ2n) is 7.25. The molecule has 0 spiro atoms. The van der Waals surface area contributed by atoms with E-state index >= 15 is 0 Å². The molecule has 34 heavy (non-hydrogen) atoms. The third kappa shape index (κ3) is 5.19. The summed E-state index contributed by atoms with van der Waals surface area (Å²) in [5.74, 6) is -3.22. The van der Waals surface area contributed by atoms with Gasteiger partial charge in [-0.25, -0.2) is 9.07 Å². The van der Waals surface area contributed by atoms with E-state index in [1.165, 1.54) is 24.3 Å². The maximum absolute atomic E-state index is 14.0. The molecule has 7 nitrogen and oxygen atoms in total. The number of anilines is 1. The number of carbonyl (C=O) groups is 3.